The molecular formula is C24H33N3O4S. The molecule has 0 fully saturated rings. The van der Waals surface area contributed by atoms with Gasteiger partial charge in [0.15, 0.2) is 0 Å². The lowest BCUT2D eigenvalue weighted by Gasteiger charge is -2.14. The third kappa shape index (κ3) is 7.15. The Kier molecular flexibility index (Phi) is 9.25. The molecule has 2 aromatic carbocycles. The Labute approximate surface area is 192 Å². The number of aliphatic hydroxyl groups is 1. The molecule has 0 saturated carbocycles. The van der Waals surface area contributed by atoms with E-state index >= 15 is 0 Å². The Balaban J connectivity index is 1.42. The highest BCUT2D eigenvalue weighted by Crippen LogP contribution is 2.31. The average Bonchev–Trinajstić information content (AvgIpc) is 3.16. The van der Waals surface area contributed by atoms with Gasteiger partial charge >= 0.3 is 4.87 Å². The third-order valence-corrected chi connectivity index (χ3v) is 6.08. The van der Waals surface area contributed by atoms with Crippen molar-refractivity contribution >= 4 is 21.6 Å². The Morgan fingerprint density at radius 3 is 2.75 bits per heavy atom. The van der Waals surface area contributed by atoms with Crippen molar-refractivity contribution in [3.8, 4) is 5.75 Å². The molecule has 0 bridgehead atoms. The number of aromatic amines is 1. The summed E-state index contributed by atoms with van der Waals surface area (Å²) in [6.07, 6.45) is 1.37. The SMILES string of the molecule is CC(C)OCCCNCc1cccc(CCNC[C@H](O)c2ccc(O)c3[nH]c(=O)sc23)c1. The van der Waals surface area contributed by atoms with Gasteiger partial charge in [0, 0.05) is 25.3 Å². The molecule has 0 amide bonds. The minimum atomic E-state index is -0.764. The van der Waals surface area contributed by atoms with E-state index in [4.69, 9.17) is 4.74 Å². The highest BCUT2D eigenvalue weighted by atomic mass is 32.1. The number of benzene rings is 2. The molecule has 0 radical (unpaired) electrons. The minimum absolute atomic E-state index is 0.0144. The van der Waals surface area contributed by atoms with Gasteiger partial charge in [-0.3, -0.25) is 4.79 Å². The van der Waals surface area contributed by atoms with Crippen molar-refractivity contribution in [2.75, 3.05) is 26.2 Å². The Bertz CT molecular complexity index is 1050. The van der Waals surface area contributed by atoms with Gasteiger partial charge in [0.1, 0.15) is 11.3 Å². The van der Waals surface area contributed by atoms with Gasteiger partial charge < -0.3 is 30.6 Å². The van der Waals surface area contributed by atoms with Crippen molar-refractivity contribution in [3.63, 3.8) is 0 Å². The van der Waals surface area contributed by atoms with Gasteiger partial charge in [0.05, 0.1) is 16.9 Å². The molecule has 5 N–H and O–H groups in total. The van der Waals surface area contributed by atoms with E-state index in [0.717, 1.165) is 50.4 Å². The van der Waals surface area contributed by atoms with Crippen LogP contribution in [0.2, 0.25) is 0 Å². The van der Waals surface area contributed by atoms with Crippen LogP contribution >= 0.6 is 11.3 Å². The van der Waals surface area contributed by atoms with Gasteiger partial charge in [-0.1, -0.05) is 41.7 Å². The van der Waals surface area contributed by atoms with E-state index in [0.29, 0.717) is 22.3 Å². The minimum Gasteiger partial charge on any atom is -0.506 e. The summed E-state index contributed by atoms with van der Waals surface area (Å²) in [4.78, 5) is 14.0. The van der Waals surface area contributed by atoms with Crippen molar-refractivity contribution in [1.29, 1.82) is 0 Å². The summed E-state index contributed by atoms with van der Waals surface area (Å²) in [7, 11) is 0. The fourth-order valence-electron chi connectivity index (χ4n) is 3.53. The first-order chi connectivity index (χ1) is 15.4. The van der Waals surface area contributed by atoms with E-state index in [1.54, 1.807) is 6.07 Å². The number of aromatic nitrogens is 1. The molecule has 32 heavy (non-hydrogen) atoms. The maximum Gasteiger partial charge on any atom is 0.305 e. The predicted octanol–water partition coefficient (Wildman–Crippen LogP) is 3.07. The number of phenolic OH excluding ortho intramolecular Hbond substituents is 1. The first-order valence-corrected chi connectivity index (χ1v) is 11.9. The fraction of sp³-hybridized carbons (Fsp3) is 0.458. The lowest BCUT2D eigenvalue weighted by Crippen LogP contribution is -2.24. The second-order valence-electron chi connectivity index (χ2n) is 8.13. The number of aliphatic hydroxyl groups excluding tert-OH is 1. The molecule has 3 rings (SSSR count). The number of nitrogens with one attached hydrogen (secondary N) is 3. The van der Waals surface area contributed by atoms with Crippen LogP contribution in [-0.2, 0) is 17.7 Å². The molecule has 0 aliphatic rings. The number of hydrogen-bond acceptors (Lipinski definition) is 7. The zero-order valence-electron chi connectivity index (χ0n) is 18.7. The molecule has 3 aromatic rings. The van der Waals surface area contributed by atoms with E-state index in [9.17, 15) is 15.0 Å². The highest BCUT2D eigenvalue weighted by Gasteiger charge is 2.15. The maximum absolute atomic E-state index is 11.6. The molecule has 0 aliphatic carbocycles. The number of thiazole rings is 1. The number of rotatable bonds is 13. The molecule has 0 unspecified atom stereocenters. The van der Waals surface area contributed by atoms with Crippen molar-refractivity contribution < 1.29 is 14.9 Å². The Morgan fingerprint density at radius 1 is 1.12 bits per heavy atom. The van der Waals surface area contributed by atoms with Crippen LogP contribution in [0.3, 0.4) is 0 Å². The summed E-state index contributed by atoms with van der Waals surface area (Å²) >= 11 is 0.999. The first-order valence-electron chi connectivity index (χ1n) is 11.1. The Hall–Kier alpha value is -2.23. The second-order valence-corrected chi connectivity index (χ2v) is 9.12. The first kappa shape index (κ1) is 24.4. The van der Waals surface area contributed by atoms with Crippen molar-refractivity contribution in [3.05, 3.63) is 62.8 Å². The average molecular weight is 460 g/mol. The lowest BCUT2D eigenvalue weighted by atomic mass is 10.1. The van der Waals surface area contributed by atoms with Gasteiger partial charge in [-0.25, -0.2) is 0 Å². The van der Waals surface area contributed by atoms with Crippen molar-refractivity contribution in [1.82, 2.24) is 15.6 Å². The smallest absolute Gasteiger partial charge is 0.305 e. The highest BCUT2D eigenvalue weighted by molar-refractivity contribution is 7.16. The maximum atomic E-state index is 11.6. The molecule has 8 heteroatoms. The van der Waals surface area contributed by atoms with Gasteiger partial charge in [0.2, 0.25) is 0 Å². The van der Waals surface area contributed by atoms with Gasteiger partial charge in [-0.15, -0.1) is 0 Å². The van der Waals surface area contributed by atoms with E-state index in [-0.39, 0.29) is 16.7 Å². The number of hydrogen-bond donors (Lipinski definition) is 5. The summed E-state index contributed by atoms with van der Waals surface area (Å²) in [5.41, 5.74) is 3.52. The molecule has 7 nitrogen and oxygen atoms in total. The van der Waals surface area contributed by atoms with E-state index in [1.807, 2.05) is 13.8 Å². The van der Waals surface area contributed by atoms with Crippen molar-refractivity contribution in [2.45, 2.75) is 45.4 Å². The van der Waals surface area contributed by atoms with Crippen LogP contribution in [0.5, 0.6) is 5.75 Å². The number of fused-ring (bicyclic) bond motifs is 1. The van der Waals surface area contributed by atoms with Crippen LogP contribution in [0.1, 0.15) is 43.1 Å². The molecule has 1 heterocycles. The quantitative estimate of drug-likeness (QED) is 0.252. The van der Waals surface area contributed by atoms with Crippen molar-refractivity contribution in [2.24, 2.45) is 0 Å². The topological polar surface area (TPSA) is 107 Å². The standard InChI is InChI=1S/C24H33N3O4S/c1-16(2)31-12-4-10-25-14-18-6-3-5-17(13-18)9-11-26-15-21(29)19-7-8-20(28)22-23(19)32-24(30)27-22/h3,5-8,13,16,21,25-26,28-29H,4,9-12,14-15H2,1-2H3,(H,27,30)/t21-/m0/s1. The summed E-state index contributed by atoms with van der Waals surface area (Å²) in [6, 6.07) is 11.7. The molecule has 0 saturated heterocycles. The molecule has 0 spiro atoms. The number of phenols is 1. The van der Waals surface area contributed by atoms with Crippen LogP contribution in [-0.4, -0.2) is 47.5 Å². The van der Waals surface area contributed by atoms with E-state index in [2.05, 4.69) is 39.9 Å². The van der Waals surface area contributed by atoms with Crippen LogP contribution in [0.15, 0.2) is 41.2 Å². The zero-order chi connectivity index (χ0) is 22.9. The molecule has 1 atom stereocenters. The van der Waals surface area contributed by atoms with Crippen LogP contribution < -0.4 is 15.5 Å². The summed E-state index contributed by atoms with van der Waals surface area (Å²) < 4.78 is 6.15. The van der Waals surface area contributed by atoms with Crippen LogP contribution in [0.4, 0.5) is 0 Å². The van der Waals surface area contributed by atoms with Crippen LogP contribution in [0.25, 0.3) is 10.2 Å². The predicted molar refractivity (Wildman–Crippen MR) is 129 cm³/mol. The van der Waals surface area contributed by atoms with Gasteiger partial charge in [-0.05, 0) is 57.0 Å². The molecule has 1 aromatic heterocycles. The number of aromatic hydroxyl groups is 1. The second kappa shape index (κ2) is 12.1. The molecule has 174 valence electrons. The number of H-pyrrole nitrogens is 1. The zero-order valence-corrected chi connectivity index (χ0v) is 19.5. The monoisotopic (exact) mass is 459 g/mol. The Morgan fingerprint density at radius 2 is 1.94 bits per heavy atom. The number of ether oxygens (including phenoxy) is 1. The largest absolute Gasteiger partial charge is 0.506 e. The summed E-state index contributed by atoms with van der Waals surface area (Å²) in [5.74, 6) is 0.0144. The fourth-order valence-corrected chi connectivity index (χ4v) is 4.45. The lowest BCUT2D eigenvalue weighted by molar-refractivity contribution is 0.0770. The third-order valence-electron chi connectivity index (χ3n) is 5.14. The molecule has 0 aliphatic heterocycles. The van der Waals surface area contributed by atoms with Crippen LogP contribution in [0, 0.1) is 0 Å². The van der Waals surface area contributed by atoms with E-state index < -0.39 is 6.10 Å². The summed E-state index contributed by atoms with van der Waals surface area (Å²) in [5, 5.41) is 27.2. The van der Waals surface area contributed by atoms with E-state index in [1.165, 1.54) is 17.2 Å². The van der Waals surface area contributed by atoms with Gasteiger partial charge in [-0.2, -0.15) is 0 Å². The summed E-state index contributed by atoms with van der Waals surface area (Å²) in [6.45, 7) is 7.73. The normalized spacial score (nSPS) is 12.6. The molecular weight excluding hydrogens is 426 g/mol. The van der Waals surface area contributed by atoms with Gasteiger partial charge in [0.25, 0.3) is 0 Å².